The van der Waals surface area contributed by atoms with Gasteiger partial charge in [-0.05, 0) is 23.8 Å². The van der Waals surface area contributed by atoms with E-state index in [2.05, 4.69) is 97.7 Å². The molecule has 2 aromatic carbocycles. The van der Waals surface area contributed by atoms with Gasteiger partial charge in [-0.2, -0.15) is 0 Å². The molecule has 0 bridgehead atoms. The van der Waals surface area contributed by atoms with Crippen LogP contribution in [0.4, 0.5) is 0 Å². The molecule has 0 spiro atoms. The number of rotatable bonds is 6. The minimum atomic E-state index is -2.07. The number of hydrogen-bond acceptors (Lipinski definition) is 4. The van der Waals surface area contributed by atoms with E-state index in [0.717, 1.165) is 19.6 Å². The monoisotopic (exact) mass is 430 g/mol. The first-order valence-corrected chi connectivity index (χ1v) is 14.8. The predicted octanol–water partition coefficient (Wildman–Crippen LogP) is 4.38. The summed E-state index contributed by atoms with van der Waals surface area (Å²) in [6, 6.07) is 22.6. The van der Waals surface area contributed by atoms with Crippen LogP contribution in [0.25, 0.3) is 0 Å². The molecule has 2 nitrogen and oxygen atoms in total. The zero-order chi connectivity index (χ0) is 19.5. The van der Waals surface area contributed by atoms with Crippen LogP contribution in [-0.4, -0.2) is 42.8 Å². The molecule has 1 atom stereocenters. The zero-order valence-corrected chi connectivity index (χ0v) is 19.4. The maximum absolute atomic E-state index is 5.86. The summed E-state index contributed by atoms with van der Waals surface area (Å²) >= 11 is 4.42. The Hall–Kier alpha value is -0.723. The highest BCUT2D eigenvalue weighted by Crippen LogP contribution is 2.54. The second kappa shape index (κ2) is 8.96. The van der Waals surface area contributed by atoms with Crippen molar-refractivity contribution in [3.63, 3.8) is 0 Å². The Balaban J connectivity index is 1.82. The van der Waals surface area contributed by atoms with E-state index in [1.54, 1.807) is 0 Å². The Morgan fingerprint density at radius 3 is 1.93 bits per heavy atom. The first-order valence-electron chi connectivity index (χ1n) is 10.3. The first kappa shape index (κ1) is 20.5. The molecule has 2 aliphatic heterocycles. The van der Waals surface area contributed by atoms with Gasteiger partial charge >= 0.3 is 0 Å². The van der Waals surface area contributed by atoms with Crippen LogP contribution in [0, 0.1) is 5.92 Å². The third kappa shape index (κ3) is 3.72. The van der Waals surface area contributed by atoms with Gasteiger partial charge in [0.05, 0.1) is 16.9 Å². The van der Waals surface area contributed by atoms with Crippen LogP contribution in [0.5, 0.6) is 0 Å². The Morgan fingerprint density at radius 2 is 1.43 bits per heavy atom. The molecule has 2 saturated heterocycles. The molecule has 0 amide bonds. The molecule has 0 radical (unpaired) electrons. The molecule has 2 aromatic rings. The normalized spacial score (nSPS) is 21.5. The highest BCUT2D eigenvalue weighted by atomic mass is 32.2. The van der Waals surface area contributed by atoms with Crippen LogP contribution >= 0.6 is 23.5 Å². The van der Waals surface area contributed by atoms with Gasteiger partial charge in [-0.15, -0.1) is 23.5 Å². The molecule has 2 fully saturated rings. The Morgan fingerprint density at radius 1 is 0.929 bits per heavy atom. The summed E-state index contributed by atoms with van der Waals surface area (Å²) in [5.74, 6) is 2.99. The van der Waals surface area contributed by atoms with Gasteiger partial charge in [0, 0.05) is 6.42 Å². The summed E-state index contributed by atoms with van der Waals surface area (Å²) < 4.78 is 11.9. The predicted molar refractivity (Wildman–Crippen MR) is 126 cm³/mol. The molecule has 0 aliphatic carbocycles. The molecular weight excluding hydrogens is 400 g/mol. The topological polar surface area (TPSA) is 18.5 Å². The minimum absolute atomic E-state index is 0.0419. The van der Waals surface area contributed by atoms with Crippen molar-refractivity contribution < 1.29 is 9.47 Å². The highest BCUT2D eigenvalue weighted by molar-refractivity contribution is 8.21. The minimum Gasteiger partial charge on any atom is -0.350 e. The Kier molecular flexibility index (Phi) is 6.58. The maximum Gasteiger partial charge on any atom is 0.158 e. The molecule has 28 heavy (non-hydrogen) atoms. The SMILES string of the molecule is CC(CC1OCCO1)C1([Si](C)(c2ccccc2)c2ccccc2)SCCCS1. The molecule has 150 valence electrons. The van der Waals surface area contributed by atoms with E-state index >= 15 is 0 Å². The van der Waals surface area contributed by atoms with Crippen LogP contribution in [0.15, 0.2) is 60.7 Å². The van der Waals surface area contributed by atoms with Crippen molar-refractivity contribution in [2.45, 2.75) is 36.3 Å². The van der Waals surface area contributed by atoms with Crippen LogP contribution < -0.4 is 10.4 Å². The van der Waals surface area contributed by atoms with Gasteiger partial charge in [0.2, 0.25) is 0 Å². The van der Waals surface area contributed by atoms with Crippen LogP contribution in [-0.2, 0) is 9.47 Å². The molecule has 1 unspecified atom stereocenters. The summed E-state index contributed by atoms with van der Waals surface area (Å²) in [6.07, 6.45) is 2.23. The van der Waals surface area contributed by atoms with Crippen molar-refractivity contribution in [1.82, 2.24) is 0 Å². The fourth-order valence-corrected chi connectivity index (χ4v) is 16.0. The molecule has 0 aromatic heterocycles. The van der Waals surface area contributed by atoms with Crippen molar-refractivity contribution in [3.05, 3.63) is 60.7 Å². The second-order valence-corrected chi connectivity index (χ2v) is 15.7. The molecule has 4 rings (SSSR count). The molecule has 2 heterocycles. The van der Waals surface area contributed by atoms with E-state index in [0.29, 0.717) is 5.92 Å². The van der Waals surface area contributed by atoms with Gasteiger partial charge in [0.1, 0.15) is 8.07 Å². The van der Waals surface area contributed by atoms with E-state index < -0.39 is 8.07 Å². The quantitative estimate of drug-likeness (QED) is 0.633. The van der Waals surface area contributed by atoms with Gasteiger partial charge in [-0.3, -0.25) is 0 Å². The van der Waals surface area contributed by atoms with E-state index in [1.807, 2.05) is 0 Å². The molecule has 0 N–H and O–H groups in total. The van der Waals surface area contributed by atoms with Crippen molar-refractivity contribution in [3.8, 4) is 0 Å². The zero-order valence-electron chi connectivity index (χ0n) is 16.8. The third-order valence-corrected chi connectivity index (χ3v) is 17.7. The Labute approximate surface area is 178 Å². The van der Waals surface area contributed by atoms with Gasteiger partial charge < -0.3 is 9.47 Å². The first-order chi connectivity index (χ1) is 13.7. The third-order valence-electron chi connectivity index (χ3n) is 6.21. The van der Waals surface area contributed by atoms with E-state index in [1.165, 1.54) is 28.3 Å². The molecule has 0 saturated carbocycles. The van der Waals surface area contributed by atoms with Crippen molar-refractivity contribution in [2.24, 2.45) is 5.92 Å². The summed E-state index contributed by atoms with van der Waals surface area (Å²) in [7, 11) is -2.07. The lowest BCUT2D eigenvalue weighted by atomic mass is 10.1. The van der Waals surface area contributed by atoms with Gasteiger partial charge in [-0.25, -0.2) is 0 Å². The van der Waals surface area contributed by atoms with E-state index in [9.17, 15) is 0 Å². The molecule has 2 aliphatic rings. The number of hydrogen-bond donors (Lipinski definition) is 0. The standard InChI is InChI=1S/C23H30O2S2Si/c1-19(18-22-24-14-15-25-22)23(26-16-9-17-27-23)28(2,20-10-5-3-6-11-20)21-12-7-4-8-13-21/h3-8,10-13,19,22H,9,14-18H2,1-2H3. The van der Waals surface area contributed by atoms with Crippen molar-refractivity contribution in [2.75, 3.05) is 24.7 Å². The number of benzene rings is 2. The maximum atomic E-state index is 5.86. The van der Waals surface area contributed by atoms with Gasteiger partial charge in [0.15, 0.2) is 6.29 Å². The lowest BCUT2D eigenvalue weighted by molar-refractivity contribution is -0.0551. The fraction of sp³-hybridized carbons (Fsp3) is 0.478. The summed E-state index contributed by atoms with van der Waals surface area (Å²) in [5, 5.41) is 3.06. The van der Waals surface area contributed by atoms with E-state index in [-0.39, 0.29) is 9.99 Å². The van der Waals surface area contributed by atoms with Crippen LogP contribution in [0.1, 0.15) is 19.8 Å². The van der Waals surface area contributed by atoms with E-state index in [4.69, 9.17) is 9.47 Å². The number of ether oxygens (including phenoxy) is 2. The summed E-state index contributed by atoms with van der Waals surface area (Å²) in [4.78, 5) is 0. The second-order valence-electron chi connectivity index (χ2n) is 7.88. The largest absolute Gasteiger partial charge is 0.350 e. The summed E-state index contributed by atoms with van der Waals surface area (Å²) in [6.45, 7) is 6.50. The lowest BCUT2D eigenvalue weighted by Crippen LogP contribution is -2.71. The smallest absolute Gasteiger partial charge is 0.158 e. The lowest BCUT2D eigenvalue weighted by Gasteiger charge is -2.53. The average Bonchev–Trinajstić information content (AvgIpc) is 3.28. The molecule has 5 heteroatoms. The highest BCUT2D eigenvalue weighted by Gasteiger charge is 2.57. The summed E-state index contributed by atoms with van der Waals surface area (Å²) in [5.41, 5.74) is 0. The average molecular weight is 431 g/mol. The van der Waals surface area contributed by atoms with Gasteiger partial charge in [0.25, 0.3) is 0 Å². The van der Waals surface area contributed by atoms with Crippen LogP contribution in [0.2, 0.25) is 6.55 Å². The van der Waals surface area contributed by atoms with Gasteiger partial charge in [-0.1, -0.05) is 84.5 Å². The number of thioether (sulfide) groups is 2. The van der Waals surface area contributed by atoms with Crippen LogP contribution in [0.3, 0.4) is 0 Å². The molecular formula is C23H30O2S2Si. The van der Waals surface area contributed by atoms with Crippen molar-refractivity contribution >= 4 is 42.0 Å². The Bertz CT molecular complexity index is 704. The van der Waals surface area contributed by atoms with Crippen molar-refractivity contribution in [1.29, 1.82) is 0 Å². The fourth-order valence-electron chi connectivity index (χ4n) is 4.71.